The van der Waals surface area contributed by atoms with Gasteiger partial charge < -0.3 is 10.6 Å². The molecule has 128 valence electrons. The van der Waals surface area contributed by atoms with Crippen molar-refractivity contribution in [2.45, 2.75) is 20.4 Å². The lowest BCUT2D eigenvalue weighted by Crippen LogP contribution is -2.44. The molecule has 0 atom stereocenters. The lowest BCUT2D eigenvalue weighted by Gasteiger charge is -2.22. The van der Waals surface area contributed by atoms with E-state index in [2.05, 4.69) is 10.6 Å². The van der Waals surface area contributed by atoms with E-state index in [9.17, 15) is 14.0 Å². The molecule has 2 aromatic rings. The SMILES string of the molecule is CC(C)(C(=O)NCc1ccc(F)cc1)C(=O)Nc1ccc(C#N)cc1. The van der Waals surface area contributed by atoms with Crippen LogP contribution in [0.15, 0.2) is 48.5 Å². The number of carbonyl (C=O) groups is 2. The Morgan fingerprint density at radius 2 is 1.64 bits per heavy atom. The first kappa shape index (κ1) is 18.1. The van der Waals surface area contributed by atoms with Crippen LogP contribution in [0.1, 0.15) is 25.0 Å². The van der Waals surface area contributed by atoms with Gasteiger partial charge in [0.15, 0.2) is 0 Å². The molecule has 0 spiro atoms. The average Bonchev–Trinajstić information content (AvgIpc) is 2.61. The van der Waals surface area contributed by atoms with E-state index in [-0.39, 0.29) is 12.4 Å². The summed E-state index contributed by atoms with van der Waals surface area (Å²) in [5, 5.41) is 14.1. The van der Waals surface area contributed by atoms with Crippen LogP contribution >= 0.6 is 0 Å². The van der Waals surface area contributed by atoms with Gasteiger partial charge in [0.1, 0.15) is 11.2 Å². The maximum Gasteiger partial charge on any atom is 0.239 e. The van der Waals surface area contributed by atoms with E-state index in [1.54, 1.807) is 36.4 Å². The van der Waals surface area contributed by atoms with Gasteiger partial charge in [0.25, 0.3) is 0 Å². The molecule has 2 rings (SSSR count). The van der Waals surface area contributed by atoms with Gasteiger partial charge in [-0.25, -0.2) is 4.39 Å². The topological polar surface area (TPSA) is 82.0 Å². The fourth-order valence-electron chi connectivity index (χ4n) is 2.02. The summed E-state index contributed by atoms with van der Waals surface area (Å²) in [5.74, 6) is -1.26. The van der Waals surface area contributed by atoms with E-state index < -0.39 is 17.2 Å². The Balaban J connectivity index is 1.97. The molecule has 0 heterocycles. The van der Waals surface area contributed by atoms with Crippen LogP contribution < -0.4 is 10.6 Å². The van der Waals surface area contributed by atoms with Crippen LogP contribution in [-0.2, 0) is 16.1 Å². The second-order valence-corrected chi connectivity index (χ2v) is 6.08. The van der Waals surface area contributed by atoms with Crippen molar-refractivity contribution in [2.24, 2.45) is 5.41 Å². The number of nitrogens with one attached hydrogen (secondary N) is 2. The predicted molar refractivity (Wildman–Crippen MR) is 91.8 cm³/mol. The van der Waals surface area contributed by atoms with Crippen LogP contribution in [0.4, 0.5) is 10.1 Å². The van der Waals surface area contributed by atoms with Gasteiger partial charge in [-0.2, -0.15) is 5.26 Å². The van der Waals surface area contributed by atoms with Crippen molar-refractivity contribution in [1.29, 1.82) is 5.26 Å². The van der Waals surface area contributed by atoms with E-state index in [1.165, 1.54) is 26.0 Å². The van der Waals surface area contributed by atoms with Crippen LogP contribution in [0.2, 0.25) is 0 Å². The molecule has 2 N–H and O–H groups in total. The monoisotopic (exact) mass is 339 g/mol. The summed E-state index contributed by atoms with van der Waals surface area (Å²) in [5.41, 5.74) is 0.421. The van der Waals surface area contributed by atoms with E-state index in [4.69, 9.17) is 5.26 Å². The summed E-state index contributed by atoms with van der Waals surface area (Å²) in [6.45, 7) is 3.24. The van der Waals surface area contributed by atoms with Gasteiger partial charge in [0.05, 0.1) is 11.6 Å². The minimum absolute atomic E-state index is 0.201. The second-order valence-electron chi connectivity index (χ2n) is 6.08. The second kappa shape index (κ2) is 7.58. The average molecular weight is 339 g/mol. The largest absolute Gasteiger partial charge is 0.351 e. The summed E-state index contributed by atoms with van der Waals surface area (Å²) in [4.78, 5) is 24.7. The zero-order chi connectivity index (χ0) is 18.4. The van der Waals surface area contributed by atoms with Crippen molar-refractivity contribution in [3.05, 3.63) is 65.5 Å². The number of halogens is 1. The van der Waals surface area contributed by atoms with Crippen molar-refractivity contribution in [2.75, 3.05) is 5.32 Å². The van der Waals surface area contributed by atoms with Crippen LogP contribution in [0.3, 0.4) is 0 Å². The molecule has 2 amide bonds. The highest BCUT2D eigenvalue weighted by Crippen LogP contribution is 2.19. The maximum absolute atomic E-state index is 12.9. The fraction of sp³-hybridized carbons (Fsp3) is 0.211. The first-order valence-corrected chi connectivity index (χ1v) is 7.67. The molecule has 2 aromatic carbocycles. The number of rotatable bonds is 5. The number of amides is 2. The minimum Gasteiger partial charge on any atom is -0.351 e. The Morgan fingerprint density at radius 3 is 2.20 bits per heavy atom. The molecule has 0 bridgehead atoms. The van der Waals surface area contributed by atoms with Gasteiger partial charge in [0.2, 0.25) is 11.8 Å². The van der Waals surface area contributed by atoms with Crippen LogP contribution in [0, 0.1) is 22.6 Å². The molecule has 6 heteroatoms. The highest BCUT2D eigenvalue weighted by Gasteiger charge is 2.35. The summed E-state index contributed by atoms with van der Waals surface area (Å²) in [7, 11) is 0. The molecule has 25 heavy (non-hydrogen) atoms. The smallest absolute Gasteiger partial charge is 0.239 e. The molecule has 0 unspecified atom stereocenters. The van der Waals surface area contributed by atoms with E-state index in [0.717, 1.165) is 5.56 Å². The molecule has 5 nitrogen and oxygen atoms in total. The Bertz CT molecular complexity index is 806. The summed E-state index contributed by atoms with van der Waals surface area (Å²) in [6.07, 6.45) is 0. The fourth-order valence-corrected chi connectivity index (χ4v) is 2.02. The quantitative estimate of drug-likeness (QED) is 0.822. The lowest BCUT2D eigenvalue weighted by molar-refractivity contribution is -0.138. The molecule has 0 aliphatic rings. The standard InChI is InChI=1S/C19H18FN3O2/c1-19(2,17(24)22-12-14-3-7-15(20)8-4-14)18(25)23-16-9-5-13(11-21)6-10-16/h3-10H,12H2,1-2H3,(H,22,24)(H,23,25). The van der Waals surface area contributed by atoms with Crippen molar-refractivity contribution >= 4 is 17.5 Å². The molecule has 0 saturated heterocycles. The van der Waals surface area contributed by atoms with Gasteiger partial charge in [-0.3, -0.25) is 9.59 Å². The molecule has 0 aliphatic carbocycles. The number of nitrogens with zero attached hydrogens (tertiary/aromatic N) is 1. The summed E-state index contributed by atoms with van der Waals surface area (Å²) >= 11 is 0. The number of anilines is 1. The molecule has 0 aliphatic heterocycles. The summed E-state index contributed by atoms with van der Waals surface area (Å²) < 4.78 is 12.9. The Kier molecular flexibility index (Phi) is 5.50. The number of benzene rings is 2. The van der Waals surface area contributed by atoms with Crippen molar-refractivity contribution in [1.82, 2.24) is 5.32 Å². The minimum atomic E-state index is -1.30. The zero-order valence-corrected chi connectivity index (χ0v) is 14.0. The Labute approximate surface area is 145 Å². The number of nitriles is 1. The molecule has 0 fully saturated rings. The number of hydrogen-bond acceptors (Lipinski definition) is 3. The zero-order valence-electron chi connectivity index (χ0n) is 14.0. The highest BCUT2D eigenvalue weighted by atomic mass is 19.1. The van der Waals surface area contributed by atoms with Crippen LogP contribution in [0.25, 0.3) is 0 Å². The van der Waals surface area contributed by atoms with Crippen molar-refractivity contribution < 1.29 is 14.0 Å². The van der Waals surface area contributed by atoms with E-state index >= 15 is 0 Å². The van der Waals surface area contributed by atoms with Gasteiger partial charge in [-0.05, 0) is 55.8 Å². The van der Waals surface area contributed by atoms with Crippen LogP contribution in [-0.4, -0.2) is 11.8 Å². The van der Waals surface area contributed by atoms with Crippen LogP contribution in [0.5, 0.6) is 0 Å². The molecular weight excluding hydrogens is 321 g/mol. The van der Waals surface area contributed by atoms with Gasteiger partial charge in [-0.1, -0.05) is 12.1 Å². The highest BCUT2D eigenvalue weighted by molar-refractivity contribution is 6.09. The van der Waals surface area contributed by atoms with Crippen molar-refractivity contribution in [3.8, 4) is 6.07 Å². The third-order valence-electron chi connectivity index (χ3n) is 3.77. The number of hydrogen-bond donors (Lipinski definition) is 2. The maximum atomic E-state index is 12.9. The summed E-state index contributed by atoms with van der Waals surface area (Å²) in [6, 6.07) is 14.1. The Hall–Kier alpha value is -3.20. The van der Waals surface area contributed by atoms with Gasteiger partial charge >= 0.3 is 0 Å². The van der Waals surface area contributed by atoms with E-state index in [0.29, 0.717) is 11.3 Å². The third kappa shape index (κ3) is 4.64. The molecule has 0 radical (unpaired) electrons. The predicted octanol–water partition coefficient (Wildman–Crippen LogP) is 2.98. The van der Waals surface area contributed by atoms with E-state index in [1.807, 2.05) is 6.07 Å². The third-order valence-corrected chi connectivity index (χ3v) is 3.77. The lowest BCUT2D eigenvalue weighted by atomic mass is 9.90. The van der Waals surface area contributed by atoms with Gasteiger partial charge in [-0.15, -0.1) is 0 Å². The number of carbonyl (C=O) groups excluding carboxylic acids is 2. The van der Waals surface area contributed by atoms with Gasteiger partial charge in [0, 0.05) is 12.2 Å². The van der Waals surface area contributed by atoms with Crippen molar-refractivity contribution in [3.63, 3.8) is 0 Å². The first-order chi connectivity index (χ1) is 11.8. The first-order valence-electron chi connectivity index (χ1n) is 7.67. The Morgan fingerprint density at radius 1 is 1.04 bits per heavy atom. The molecular formula is C19H18FN3O2. The molecule has 0 aromatic heterocycles. The molecule has 0 saturated carbocycles. The normalized spacial score (nSPS) is 10.6.